The molecule has 1 aromatic rings. The van der Waals surface area contributed by atoms with Crippen LogP contribution >= 0.6 is 11.6 Å². The molecule has 1 unspecified atom stereocenters. The minimum atomic E-state index is -0.619. The van der Waals surface area contributed by atoms with E-state index in [0.717, 1.165) is 5.56 Å². The average molecular weight is 141 g/mol. The van der Waals surface area contributed by atoms with E-state index in [1.807, 2.05) is 30.3 Å². The molecule has 0 aliphatic rings. The number of alkyl halides is 1. The normalized spacial score (nSPS) is 13.1. The van der Waals surface area contributed by atoms with Crippen molar-refractivity contribution in [2.45, 2.75) is 5.50 Å². The van der Waals surface area contributed by atoms with Gasteiger partial charge in [0.05, 0.1) is 0 Å². The zero-order valence-corrected chi connectivity index (χ0v) is 5.60. The van der Waals surface area contributed by atoms with Crippen molar-refractivity contribution in [3.8, 4) is 0 Å². The first kappa shape index (κ1) is 6.59. The van der Waals surface area contributed by atoms with Crippen LogP contribution in [0.15, 0.2) is 30.3 Å². The van der Waals surface area contributed by atoms with Crippen molar-refractivity contribution in [1.29, 1.82) is 0 Å². The van der Waals surface area contributed by atoms with Crippen LogP contribution in [0.3, 0.4) is 0 Å². The van der Waals surface area contributed by atoms with Crippen molar-refractivity contribution >= 4 is 11.6 Å². The molecule has 1 rings (SSSR count). The predicted molar refractivity (Wildman–Crippen MR) is 38.1 cm³/mol. The summed E-state index contributed by atoms with van der Waals surface area (Å²) in [5, 5.41) is 0. The molecule has 0 amide bonds. The highest BCUT2D eigenvalue weighted by Crippen LogP contribution is 2.13. The second-order valence-electron chi connectivity index (χ2n) is 1.77. The molecule has 1 aromatic carbocycles. The summed E-state index contributed by atoms with van der Waals surface area (Å²) < 4.78 is 0. The van der Waals surface area contributed by atoms with E-state index in [4.69, 9.17) is 17.3 Å². The largest absolute Gasteiger partial charge is 0.234 e. The summed E-state index contributed by atoms with van der Waals surface area (Å²) in [4.78, 5) is 0. The quantitative estimate of drug-likeness (QED) is 0.422. The number of hydrogen-bond acceptors (Lipinski definition) is 0. The van der Waals surface area contributed by atoms with E-state index in [1.54, 1.807) is 0 Å². The lowest BCUT2D eigenvalue weighted by atomic mass is 10.2. The molecule has 1 N–H and O–H groups in total. The van der Waals surface area contributed by atoms with E-state index in [1.165, 1.54) is 0 Å². The molecule has 0 bridgehead atoms. The summed E-state index contributed by atoms with van der Waals surface area (Å²) in [6.45, 7) is 0. The Morgan fingerprint density at radius 2 is 1.78 bits per heavy atom. The number of halogens is 1. The maximum absolute atomic E-state index is 7.08. The van der Waals surface area contributed by atoms with Crippen LogP contribution in [0.5, 0.6) is 0 Å². The average Bonchev–Trinajstić information content (AvgIpc) is 1.90. The molecule has 0 saturated heterocycles. The predicted octanol–water partition coefficient (Wildman–Crippen LogP) is 2.21. The third kappa shape index (κ3) is 1.70. The molecule has 0 spiro atoms. The van der Waals surface area contributed by atoms with Gasteiger partial charge in [0.2, 0.25) is 0 Å². The molecular formula is C7H7ClN. The lowest BCUT2D eigenvalue weighted by Gasteiger charge is -1.98. The maximum Gasteiger partial charge on any atom is 0.120 e. The highest BCUT2D eigenvalue weighted by molar-refractivity contribution is 6.20. The Hall–Kier alpha value is -0.530. The lowest BCUT2D eigenvalue weighted by Crippen LogP contribution is -1.87. The second kappa shape index (κ2) is 2.85. The van der Waals surface area contributed by atoms with Crippen LogP contribution in [0.1, 0.15) is 11.1 Å². The molecule has 0 aliphatic heterocycles. The molecule has 1 atom stereocenters. The van der Waals surface area contributed by atoms with Crippen molar-refractivity contribution in [3.05, 3.63) is 35.9 Å². The molecule has 0 aromatic heterocycles. The number of nitrogens with one attached hydrogen (secondary N) is 1. The molecule has 0 heterocycles. The molecule has 1 radical (unpaired) electrons. The van der Waals surface area contributed by atoms with Gasteiger partial charge in [0.1, 0.15) is 5.50 Å². The first-order valence-electron chi connectivity index (χ1n) is 2.71. The van der Waals surface area contributed by atoms with Crippen LogP contribution < -0.4 is 5.73 Å². The third-order valence-electron chi connectivity index (χ3n) is 1.09. The van der Waals surface area contributed by atoms with E-state index in [0.29, 0.717) is 0 Å². The molecule has 2 heteroatoms. The van der Waals surface area contributed by atoms with Gasteiger partial charge in [-0.3, -0.25) is 0 Å². The van der Waals surface area contributed by atoms with Crippen LogP contribution in [0.2, 0.25) is 0 Å². The van der Waals surface area contributed by atoms with Gasteiger partial charge in [0.15, 0.2) is 0 Å². The second-order valence-corrected chi connectivity index (χ2v) is 2.21. The monoisotopic (exact) mass is 140 g/mol. The van der Waals surface area contributed by atoms with Crippen LogP contribution in [-0.4, -0.2) is 0 Å². The molecule has 0 aliphatic carbocycles. The Kier molecular flexibility index (Phi) is 2.09. The summed E-state index contributed by atoms with van der Waals surface area (Å²) >= 11 is 5.47. The van der Waals surface area contributed by atoms with Gasteiger partial charge in [0.25, 0.3) is 0 Å². The number of rotatable bonds is 1. The SMILES string of the molecule is [NH]C(Cl)c1ccccc1. The summed E-state index contributed by atoms with van der Waals surface area (Å²) in [7, 11) is 0. The number of benzene rings is 1. The fourth-order valence-electron chi connectivity index (χ4n) is 0.622. The van der Waals surface area contributed by atoms with Crippen LogP contribution in [0.25, 0.3) is 0 Å². The van der Waals surface area contributed by atoms with Gasteiger partial charge in [-0.05, 0) is 5.56 Å². The van der Waals surface area contributed by atoms with E-state index in [9.17, 15) is 0 Å². The van der Waals surface area contributed by atoms with Gasteiger partial charge in [-0.15, -0.1) is 0 Å². The summed E-state index contributed by atoms with van der Waals surface area (Å²) in [5.74, 6) is 0. The third-order valence-corrected chi connectivity index (χ3v) is 1.34. The highest BCUT2D eigenvalue weighted by Gasteiger charge is 1.97. The molecule has 1 nitrogen and oxygen atoms in total. The molecular weight excluding hydrogens is 134 g/mol. The zero-order valence-electron chi connectivity index (χ0n) is 4.84. The standard InChI is InChI=1S/C7H7ClN/c8-7(9)6-4-2-1-3-5-6/h1-5,7,9H. The van der Waals surface area contributed by atoms with Crippen molar-refractivity contribution in [2.75, 3.05) is 0 Å². The molecule has 0 fully saturated rings. The van der Waals surface area contributed by atoms with Crippen LogP contribution in [0, 0.1) is 0 Å². The number of hydrogen-bond donors (Lipinski definition) is 0. The van der Waals surface area contributed by atoms with E-state index >= 15 is 0 Å². The molecule has 47 valence electrons. The Labute approximate surface area is 59.4 Å². The first-order chi connectivity index (χ1) is 4.30. The van der Waals surface area contributed by atoms with Crippen LogP contribution in [-0.2, 0) is 0 Å². The fraction of sp³-hybridized carbons (Fsp3) is 0.143. The summed E-state index contributed by atoms with van der Waals surface area (Å²) in [5.41, 5.74) is 7.31. The van der Waals surface area contributed by atoms with Crippen molar-refractivity contribution in [1.82, 2.24) is 5.73 Å². The van der Waals surface area contributed by atoms with Crippen LogP contribution in [0.4, 0.5) is 0 Å². The topological polar surface area (TPSA) is 23.8 Å². The molecule has 9 heavy (non-hydrogen) atoms. The fourth-order valence-corrected chi connectivity index (χ4v) is 0.767. The highest BCUT2D eigenvalue weighted by atomic mass is 35.5. The Morgan fingerprint density at radius 1 is 1.22 bits per heavy atom. The van der Waals surface area contributed by atoms with Gasteiger partial charge in [-0.25, -0.2) is 5.73 Å². The Balaban J connectivity index is 2.85. The molecule has 0 saturated carbocycles. The van der Waals surface area contributed by atoms with E-state index in [2.05, 4.69) is 0 Å². The van der Waals surface area contributed by atoms with Gasteiger partial charge in [-0.1, -0.05) is 41.9 Å². The summed E-state index contributed by atoms with van der Waals surface area (Å²) in [6.07, 6.45) is 0. The Morgan fingerprint density at radius 3 is 2.11 bits per heavy atom. The van der Waals surface area contributed by atoms with Gasteiger partial charge in [-0.2, -0.15) is 0 Å². The zero-order chi connectivity index (χ0) is 6.69. The summed E-state index contributed by atoms with van der Waals surface area (Å²) in [6, 6.07) is 9.33. The van der Waals surface area contributed by atoms with Crippen molar-refractivity contribution in [3.63, 3.8) is 0 Å². The van der Waals surface area contributed by atoms with Crippen molar-refractivity contribution in [2.24, 2.45) is 0 Å². The minimum absolute atomic E-state index is 0.619. The smallest absolute Gasteiger partial charge is 0.120 e. The maximum atomic E-state index is 7.08. The van der Waals surface area contributed by atoms with Gasteiger partial charge < -0.3 is 0 Å². The van der Waals surface area contributed by atoms with Gasteiger partial charge in [0, 0.05) is 0 Å². The van der Waals surface area contributed by atoms with E-state index in [-0.39, 0.29) is 0 Å². The van der Waals surface area contributed by atoms with E-state index < -0.39 is 5.50 Å². The minimum Gasteiger partial charge on any atom is -0.234 e. The van der Waals surface area contributed by atoms with Crippen molar-refractivity contribution < 1.29 is 0 Å². The van der Waals surface area contributed by atoms with Gasteiger partial charge >= 0.3 is 0 Å². The lowest BCUT2D eigenvalue weighted by molar-refractivity contribution is 0.978. The first-order valence-corrected chi connectivity index (χ1v) is 3.14. The Bertz CT molecular complexity index is 172.